The highest BCUT2D eigenvalue weighted by Gasteiger charge is 2.30. The van der Waals surface area contributed by atoms with Crippen molar-refractivity contribution in [3.8, 4) is 0 Å². The van der Waals surface area contributed by atoms with Gasteiger partial charge >= 0.3 is 6.09 Å². The van der Waals surface area contributed by atoms with Crippen LogP contribution < -0.4 is 0 Å². The average Bonchev–Trinajstić information content (AvgIpc) is 3.09. The predicted octanol–water partition coefficient (Wildman–Crippen LogP) is 4.50. The number of thioether (sulfide) groups is 1. The average molecular weight is 390 g/mol. The molecule has 1 amide bonds. The molecule has 0 radical (unpaired) electrons. The van der Waals surface area contributed by atoms with E-state index >= 15 is 0 Å². The molecule has 27 heavy (non-hydrogen) atoms. The normalized spacial score (nSPS) is 15.8. The Bertz CT molecular complexity index is 760. The SMILES string of the molecule is CSc1ccc(Cc2noc(C3CCN(C(=O)OC(C)(C)C)CC3)n2)cc1. The van der Waals surface area contributed by atoms with Crippen LogP contribution in [0.15, 0.2) is 33.7 Å². The lowest BCUT2D eigenvalue weighted by molar-refractivity contribution is 0.0198. The summed E-state index contributed by atoms with van der Waals surface area (Å²) < 4.78 is 10.9. The predicted molar refractivity (Wildman–Crippen MR) is 105 cm³/mol. The number of carbonyl (C=O) groups is 1. The van der Waals surface area contributed by atoms with Crippen molar-refractivity contribution in [1.82, 2.24) is 15.0 Å². The van der Waals surface area contributed by atoms with Gasteiger partial charge in [-0.3, -0.25) is 0 Å². The van der Waals surface area contributed by atoms with Crippen LogP contribution in [-0.4, -0.2) is 46.1 Å². The van der Waals surface area contributed by atoms with Gasteiger partial charge in [0, 0.05) is 30.3 Å². The zero-order chi connectivity index (χ0) is 19.4. The highest BCUT2D eigenvalue weighted by atomic mass is 32.2. The first kappa shape index (κ1) is 19.7. The van der Waals surface area contributed by atoms with Crippen molar-refractivity contribution in [2.45, 2.75) is 56.4 Å². The first-order chi connectivity index (χ1) is 12.8. The molecule has 0 bridgehead atoms. The summed E-state index contributed by atoms with van der Waals surface area (Å²) in [6.45, 7) is 6.94. The molecule has 2 aromatic rings. The molecule has 7 heteroatoms. The number of piperidine rings is 1. The van der Waals surface area contributed by atoms with E-state index in [4.69, 9.17) is 9.26 Å². The molecule has 0 spiro atoms. The van der Waals surface area contributed by atoms with E-state index < -0.39 is 5.60 Å². The molecule has 2 heterocycles. The topological polar surface area (TPSA) is 68.5 Å². The van der Waals surface area contributed by atoms with E-state index in [1.165, 1.54) is 10.5 Å². The van der Waals surface area contributed by atoms with E-state index in [1.807, 2.05) is 20.8 Å². The van der Waals surface area contributed by atoms with Crippen LogP contribution >= 0.6 is 11.8 Å². The number of benzene rings is 1. The summed E-state index contributed by atoms with van der Waals surface area (Å²) in [6, 6.07) is 8.41. The van der Waals surface area contributed by atoms with E-state index in [9.17, 15) is 4.79 Å². The van der Waals surface area contributed by atoms with Gasteiger partial charge in [-0.15, -0.1) is 11.8 Å². The van der Waals surface area contributed by atoms with Gasteiger partial charge in [-0.05, 0) is 57.6 Å². The van der Waals surface area contributed by atoms with E-state index in [-0.39, 0.29) is 12.0 Å². The number of likely N-dealkylation sites (tertiary alicyclic amines) is 1. The summed E-state index contributed by atoms with van der Waals surface area (Å²) in [5.74, 6) is 1.58. The minimum Gasteiger partial charge on any atom is -0.444 e. The number of aromatic nitrogens is 2. The van der Waals surface area contributed by atoms with Crippen molar-refractivity contribution in [1.29, 1.82) is 0 Å². The van der Waals surface area contributed by atoms with Gasteiger partial charge in [-0.2, -0.15) is 4.98 Å². The largest absolute Gasteiger partial charge is 0.444 e. The third kappa shape index (κ3) is 5.48. The number of ether oxygens (including phenoxy) is 1. The van der Waals surface area contributed by atoms with Gasteiger partial charge in [0.25, 0.3) is 0 Å². The molecule has 1 saturated heterocycles. The third-order valence-electron chi connectivity index (χ3n) is 4.50. The fourth-order valence-electron chi connectivity index (χ4n) is 3.07. The van der Waals surface area contributed by atoms with Gasteiger partial charge in [0.05, 0.1) is 0 Å². The fraction of sp³-hybridized carbons (Fsp3) is 0.550. The summed E-state index contributed by atoms with van der Waals surface area (Å²) in [5, 5.41) is 4.14. The Morgan fingerprint density at radius 3 is 2.52 bits per heavy atom. The molecule has 0 aliphatic carbocycles. The maximum absolute atomic E-state index is 12.2. The van der Waals surface area contributed by atoms with Gasteiger partial charge < -0.3 is 14.2 Å². The van der Waals surface area contributed by atoms with E-state index in [0.717, 1.165) is 12.8 Å². The lowest BCUT2D eigenvalue weighted by Crippen LogP contribution is -2.41. The number of amides is 1. The Labute approximate surface area is 164 Å². The Morgan fingerprint density at radius 2 is 1.93 bits per heavy atom. The molecule has 1 aliphatic heterocycles. The van der Waals surface area contributed by atoms with Crippen LogP contribution in [0.4, 0.5) is 4.79 Å². The molecule has 1 aliphatic rings. The molecule has 0 N–H and O–H groups in total. The summed E-state index contributed by atoms with van der Waals surface area (Å²) in [4.78, 5) is 19.7. The van der Waals surface area contributed by atoms with Crippen molar-refractivity contribution in [3.05, 3.63) is 41.5 Å². The van der Waals surface area contributed by atoms with Crippen molar-refractivity contribution in [2.24, 2.45) is 0 Å². The molecule has 0 saturated carbocycles. The molecule has 146 valence electrons. The maximum atomic E-state index is 12.2. The first-order valence-electron chi connectivity index (χ1n) is 9.27. The molecule has 1 aromatic carbocycles. The second kappa shape index (κ2) is 8.33. The Morgan fingerprint density at radius 1 is 1.26 bits per heavy atom. The summed E-state index contributed by atoms with van der Waals surface area (Å²) in [5.41, 5.74) is 0.698. The summed E-state index contributed by atoms with van der Waals surface area (Å²) in [7, 11) is 0. The molecule has 6 nitrogen and oxygen atoms in total. The molecule has 1 fully saturated rings. The van der Waals surface area contributed by atoms with Crippen molar-refractivity contribution >= 4 is 17.9 Å². The van der Waals surface area contributed by atoms with Crippen molar-refractivity contribution < 1.29 is 14.1 Å². The summed E-state index contributed by atoms with van der Waals surface area (Å²) >= 11 is 1.72. The van der Waals surface area contributed by atoms with Gasteiger partial charge in [-0.1, -0.05) is 17.3 Å². The molecular weight excluding hydrogens is 362 g/mol. The fourth-order valence-corrected chi connectivity index (χ4v) is 3.47. The van der Waals surface area contributed by atoms with E-state index in [1.54, 1.807) is 16.7 Å². The van der Waals surface area contributed by atoms with E-state index in [0.29, 0.717) is 31.2 Å². The minimum atomic E-state index is -0.469. The van der Waals surface area contributed by atoms with Crippen molar-refractivity contribution in [2.75, 3.05) is 19.3 Å². The second-order valence-electron chi connectivity index (χ2n) is 7.82. The van der Waals surface area contributed by atoms with Gasteiger partial charge in [0.1, 0.15) is 5.60 Å². The number of rotatable bonds is 4. The first-order valence-corrected chi connectivity index (χ1v) is 10.5. The van der Waals surface area contributed by atoms with Crippen LogP contribution in [0, 0.1) is 0 Å². The highest BCUT2D eigenvalue weighted by molar-refractivity contribution is 7.98. The molecular formula is C20H27N3O3S. The number of nitrogens with zero attached hydrogens (tertiary/aromatic N) is 3. The Kier molecular flexibility index (Phi) is 6.09. The number of carbonyl (C=O) groups excluding carboxylic acids is 1. The van der Waals surface area contributed by atoms with E-state index in [2.05, 4.69) is 40.7 Å². The lowest BCUT2D eigenvalue weighted by Gasteiger charge is -2.32. The quantitative estimate of drug-likeness (QED) is 0.717. The number of hydrogen-bond donors (Lipinski definition) is 0. The van der Waals surface area contributed by atoms with Crippen molar-refractivity contribution in [3.63, 3.8) is 0 Å². The summed E-state index contributed by atoms with van der Waals surface area (Å²) in [6.07, 6.45) is 4.09. The van der Waals surface area contributed by atoms with Gasteiger partial charge in [0.15, 0.2) is 5.82 Å². The van der Waals surface area contributed by atoms with Crippen LogP contribution in [0.5, 0.6) is 0 Å². The van der Waals surface area contributed by atoms with Crippen LogP contribution in [0.2, 0.25) is 0 Å². The Balaban J connectivity index is 1.54. The molecule has 1 aromatic heterocycles. The van der Waals surface area contributed by atoms with Crippen LogP contribution in [-0.2, 0) is 11.2 Å². The monoisotopic (exact) mass is 389 g/mol. The lowest BCUT2D eigenvalue weighted by atomic mass is 9.97. The maximum Gasteiger partial charge on any atom is 0.410 e. The number of hydrogen-bond acceptors (Lipinski definition) is 6. The minimum absolute atomic E-state index is 0.198. The highest BCUT2D eigenvalue weighted by Crippen LogP contribution is 2.28. The van der Waals surface area contributed by atoms with Crippen LogP contribution in [0.3, 0.4) is 0 Å². The standard InChI is InChI=1S/C20H27N3O3S/c1-20(2,3)25-19(24)23-11-9-15(10-12-23)18-21-17(22-26-18)13-14-5-7-16(27-4)8-6-14/h5-8,15H,9-13H2,1-4H3. The van der Waals surface area contributed by atoms with Crippen LogP contribution in [0.25, 0.3) is 0 Å². The molecule has 0 atom stereocenters. The smallest absolute Gasteiger partial charge is 0.410 e. The Hall–Kier alpha value is -2.02. The second-order valence-corrected chi connectivity index (χ2v) is 8.70. The van der Waals surface area contributed by atoms with Gasteiger partial charge in [-0.25, -0.2) is 4.79 Å². The zero-order valence-electron chi connectivity index (χ0n) is 16.4. The van der Waals surface area contributed by atoms with Crippen LogP contribution in [0.1, 0.15) is 56.8 Å². The third-order valence-corrected chi connectivity index (χ3v) is 5.24. The zero-order valence-corrected chi connectivity index (χ0v) is 17.2. The van der Waals surface area contributed by atoms with Gasteiger partial charge in [0.2, 0.25) is 5.89 Å². The molecule has 3 rings (SSSR count). The molecule has 0 unspecified atom stereocenters.